The predicted octanol–water partition coefficient (Wildman–Crippen LogP) is 3.51. The zero-order chi connectivity index (χ0) is 13.5. The van der Waals surface area contributed by atoms with Crippen LogP contribution in [0.2, 0.25) is 0 Å². The molecule has 0 spiro atoms. The molecule has 0 aliphatic carbocycles. The van der Waals surface area contributed by atoms with Crippen LogP contribution in [0.4, 0.5) is 13.2 Å². The fourth-order valence-electron chi connectivity index (χ4n) is 1.28. The molecule has 0 aromatic heterocycles. The molecule has 0 aromatic carbocycles. The summed E-state index contributed by atoms with van der Waals surface area (Å²) in [6.45, 7) is 8.71. The van der Waals surface area contributed by atoms with Gasteiger partial charge in [0.05, 0.1) is 12.2 Å². The molecule has 104 valence electrons. The molecule has 0 aromatic rings. The van der Waals surface area contributed by atoms with Gasteiger partial charge in [-0.2, -0.15) is 13.2 Å². The lowest BCUT2D eigenvalue weighted by Gasteiger charge is -2.25. The Kier molecular flexibility index (Phi) is 7.09. The van der Waals surface area contributed by atoms with Gasteiger partial charge >= 0.3 is 6.18 Å². The van der Waals surface area contributed by atoms with Crippen LogP contribution in [-0.2, 0) is 4.74 Å². The zero-order valence-corrected chi connectivity index (χ0v) is 11.2. The molecular weight excluding hydrogens is 231 g/mol. The lowest BCUT2D eigenvalue weighted by molar-refractivity contribution is -0.138. The van der Waals surface area contributed by atoms with Crippen molar-refractivity contribution < 1.29 is 17.9 Å². The van der Waals surface area contributed by atoms with E-state index in [4.69, 9.17) is 4.74 Å². The first-order valence-electron chi connectivity index (χ1n) is 6.08. The smallest absolute Gasteiger partial charge is 0.374 e. The number of alkyl halides is 3. The lowest BCUT2D eigenvalue weighted by atomic mass is 10.1. The van der Waals surface area contributed by atoms with Gasteiger partial charge in [0.25, 0.3) is 0 Å². The van der Waals surface area contributed by atoms with Gasteiger partial charge in [0.2, 0.25) is 0 Å². The highest BCUT2D eigenvalue weighted by molar-refractivity contribution is 4.70. The maximum atomic E-state index is 12.1. The number of nitrogens with one attached hydrogen (secondary N) is 1. The highest BCUT2D eigenvalue weighted by Crippen LogP contribution is 2.22. The lowest BCUT2D eigenvalue weighted by Crippen LogP contribution is -2.37. The second-order valence-electron chi connectivity index (χ2n) is 5.23. The Balaban J connectivity index is 4.05. The molecular formula is C12H24F3NO. The first-order valence-corrected chi connectivity index (χ1v) is 6.08. The van der Waals surface area contributed by atoms with Crippen molar-refractivity contribution >= 4 is 0 Å². The molecule has 17 heavy (non-hydrogen) atoms. The van der Waals surface area contributed by atoms with Crippen molar-refractivity contribution in [2.24, 2.45) is 0 Å². The third-order valence-corrected chi connectivity index (χ3v) is 2.18. The van der Waals surface area contributed by atoms with Crippen LogP contribution in [0.25, 0.3) is 0 Å². The van der Waals surface area contributed by atoms with Gasteiger partial charge in [0.15, 0.2) is 0 Å². The Morgan fingerprint density at radius 1 is 1.18 bits per heavy atom. The topological polar surface area (TPSA) is 21.3 Å². The van der Waals surface area contributed by atoms with Gasteiger partial charge in [-0.15, -0.1) is 0 Å². The third kappa shape index (κ3) is 12.0. The fraction of sp³-hybridized carbons (Fsp3) is 1.00. The first kappa shape index (κ1) is 16.7. The Morgan fingerprint density at radius 2 is 1.76 bits per heavy atom. The summed E-state index contributed by atoms with van der Waals surface area (Å²) >= 11 is 0. The number of halogens is 3. The molecule has 0 fully saturated rings. The highest BCUT2D eigenvalue weighted by atomic mass is 19.4. The van der Waals surface area contributed by atoms with Gasteiger partial charge in [0.1, 0.15) is 0 Å². The van der Waals surface area contributed by atoms with Crippen molar-refractivity contribution in [1.29, 1.82) is 0 Å². The molecule has 0 amide bonds. The molecule has 2 nitrogen and oxygen atoms in total. The summed E-state index contributed by atoms with van der Waals surface area (Å²) in [6, 6.07) is -0.226. The van der Waals surface area contributed by atoms with Crippen LogP contribution in [0.5, 0.6) is 0 Å². The van der Waals surface area contributed by atoms with Crippen LogP contribution in [0.15, 0.2) is 0 Å². The molecule has 5 heteroatoms. The van der Waals surface area contributed by atoms with Crippen molar-refractivity contribution in [2.45, 2.75) is 64.8 Å². The van der Waals surface area contributed by atoms with E-state index in [2.05, 4.69) is 5.32 Å². The minimum Gasteiger partial charge on any atom is -0.374 e. The number of hydrogen-bond acceptors (Lipinski definition) is 2. The van der Waals surface area contributed by atoms with Crippen molar-refractivity contribution in [2.75, 3.05) is 13.2 Å². The summed E-state index contributed by atoms with van der Waals surface area (Å²) < 4.78 is 42.0. The van der Waals surface area contributed by atoms with Gasteiger partial charge in [-0.1, -0.05) is 6.92 Å². The average Bonchev–Trinajstić information content (AvgIpc) is 2.13. The molecule has 0 bridgehead atoms. The molecule has 0 aliphatic heterocycles. The summed E-state index contributed by atoms with van der Waals surface area (Å²) in [4.78, 5) is 0. The van der Waals surface area contributed by atoms with E-state index >= 15 is 0 Å². The number of rotatable bonds is 7. The van der Waals surface area contributed by atoms with Crippen LogP contribution in [-0.4, -0.2) is 31.0 Å². The van der Waals surface area contributed by atoms with Crippen molar-refractivity contribution in [3.8, 4) is 0 Å². The van der Waals surface area contributed by atoms with E-state index in [-0.39, 0.29) is 18.1 Å². The molecule has 0 saturated heterocycles. The van der Waals surface area contributed by atoms with E-state index in [9.17, 15) is 13.2 Å². The van der Waals surface area contributed by atoms with Crippen molar-refractivity contribution in [3.63, 3.8) is 0 Å². The molecule has 1 atom stereocenters. The highest BCUT2D eigenvalue weighted by Gasteiger charge is 2.28. The van der Waals surface area contributed by atoms with E-state index in [1.165, 1.54) is 0 Å². The normalized spacial score (nSPS) is 15.0. The van der Waals surface area contributed by atoms with Gasteiger partial charge in [0, 0.05) is 12.5 Å². The summed E-state index contributed by atoms with van der Waals surface area (Å²) in [5.74, 6) is 0. The second-order valence-corrected chi connectivity index (χ2v) is 5.23. The van der Waals surface area contributed by atoms with Gasteiger partial charge < -0.3 is 10.1 Å². The van der Waals surface area contributed by atoms with Crippen molar-refractivity contribution in [1.82, 2.24) is 5.32 Å². The second kappa shape index (κ2) is 7.21. The Hall–Kier alpha value is -0.290. The monoisotopic (exact) mass is 255 g/mol. The minimum absolute atomic E-state index is 0.0690. The Labute approximate surface area is 102 Å². The molecule has 1 unspecified atom stereocenters. The maximum absolute atomic E-state index is 12.1. The van der Waals surface area contributed by atoms with Crippen LogP contribution < -0.4 is 5.32 Å². The summed E-state index contributed by atoms with van der Waals surface area (Å²) in [5.41, 5.74) is -0.315. The van der Waals surface area contributed by atoms with Crippen LogP contribution in [0.1, 0.15) is 47.0 Å². The van der Waals surface area contributed by atoms with E-state index < -0.39 is 12.6 Å². The van der Waals surface area contributed by atoms with Crippen LogP contribution >= 0.6 is 0 Å². The van der Waals surface area contributed by atoms with Gasteiger partial charge in [-0.25, -0.2) is 0 Å². The maximum Gasteiger partial charge on any atom is 0.389 e. The molecule has 0 heterocycles. The molecule has 0 rings (SSSR count). The quantitative estimate of drug-likeness (QED) is 0.751. The first-order chi connectivity index (χ1) is 7.64. The van der Waals surface area contributed by atoms with Crippen molar-refractivity contribution in [3.05, 3.63) is 0 Å². The van der Waals surface area contributed by atoms with E-state index in [0.29, 0.717) is 6.61 Å². The minimum atomic E-state index is -4.09. The Bertz CT molecular complexity index is 181. The summed E-state index contributed by atoms with van der Waals surface area (Å²) in [5, 5.41) is 3.09. The average molecular weight is 255 g/mol. The third-order valence-electron chi connectivity index (χ3n) is 2.18. The standard InChI is InChI=1S/C12H24F3NO/c1-5-8-16-10(6-7-12(13,14)15)9-17-11(2,3)4/h10,16H,5-9H2,1-4H3. The van der Waals surface area contributed by atoms with Crippen LogP contribution in [0.3, 0.4) is 0 Å². The van der Waals surface area contributed by atoms with E-state index in [1.807, 2.05) is 27.7 Å². The van der Waals surface area contributed by atoms with Crippen LogP contribution in [0, 0.1) is 0 Å². The Morgan fingerprint density at radius 3 is 2.18 bits per heavy atom. The SMILES string of the molecule is CCCNC(CCC(F)(F)F)COC(C)(C)C. The number of hydrogen-bond donors (Lipinski definition) is 1. The summed E-state index contributed by atoms with van der Waals surface area (Å²) in [7, 11) is 0. The number of ether oxygens (including phenoxy) is 1. The molecule has 0 aliphatic rings. The van der Waals surface area contributed by atoms with Gasteiger partial charge in [-0.05, 0) is 40.2 Å². The van der Waals surface area contributed by atoms with Gasteiger partial charge in [-0.3, -0.25) is 0 Å². The zero-order valence-electron chi connectivity index (χ0n) is 11.2. The van der Waals surface area contributed by atoms with E-state index in [1.54, 1.807) is 0 Å². The summed E-state index contributed by atoms with van der Waals surface area (Å²) in [6.07, 6.45) is -3.88. The largest absolute Gasteiger partial charge is 0.389 e. The molecule has 1 N–H and O–H groups in total. The van der Waals surface area contributed by atoms with E-state index in [0.717, 1.165) is 13.0 Å². The predicted molar refractivity (Wildman–Crippen MR) is 63.1 cm³/mol. The molecule has 0 saturated carbocycles. The fourth-order valence-corrected chi connectivity index (χ4v) is 1.28. The molecule has 0 radical (unpaired) electrons.